The van der Waals surface area contributed by atoms with Gasteiger partial charge in [-0.3, -0.25) is 9.89 Å². The van der Waals surface area contributed by atoms with Crippen LogP contribution in [-0.2, 0) is 4.74 Å². The zero-order valence-electron chi connectivity index (χ0n) is 12.1. The van der Waals surface area contributed by atoms with Crippen LogP contribution in [0.15, 0.2) is 35.3 Å². The normalized spacial score (nSPS) is 18.1. The largest absolute Gasteiger partial charge is 0.491 e. The number of carbonyl (C=O) groups excluding carboxylic acids is 1. The molecule has 0 N–H and O–H groups in total. The minimum atomic E-state index is -0.496. The van der Waals surface area contributed by atoms with Gasteiger partial charge in [0, 0.05) is 0 Å². The average Bonchev–Trinajstić information content (AvgIpc) is 2.84. The van der Waals surface area contributed by atoms with Crippen molar-refractivity contribution in [2.75, 3.05) is 13.2 Å². The Bertz CT molecular complexity index is 480. The van der Waals surface area contributed by atoms with Gasteiger partial charge in [0.25, 0.3) is 0 Å². The summed E-state index contributed by atoms with van der Waals surface area (Å²) in [5.74, 6) is 0.804. The maximum absolute atomic E-state index is 11.9. The molecule has 0 spiro atoms. The SMILES string of the molecule is CC(C)(C)OC(=O)N1C=NC(COc2ccccc2)C1. The zero-order valence-corrected chi connectivity index (χ0v) is 12.1. The fourth-order valence-electron chi connectivity index (χ4n) is 1.74. The van der Waals surface area contributed by atoms with Gasteiger partial charge in [-0.2, -0.15) is 0 Å². The van der Waals surface area contributed by atoms with E-state index in [1.807, 2.05) is 51.1 Å². The predicted octanol–water partition coefficient (Wildman–Crippen LogP) is 2.71. The number of carbonyl (C=O) groups is 1. The number of rotatable bonds is 3. The van der Waals surface area contributed by atoms with E-state index in [9.17, 15) is 4.79 Å². The molecule has 0 aromatic heterocycles. The lowest BCUT2D eigenvalue weighted by atomic mass is 10.2. The minimum Gasteiger partial charge on any atom is -0.491 e. The summed E-state index contributed by atoms with van der Waals surface area (Å²) in [6, 6.07) is 9.50. The van der Waals surface area contributed by atoms with Crippen LogP contribution in [0.25, 0.3) is 0 Å². The fraction of sp³-hybridized carbons (Fsp3) is 0.467. The first-order valence-electron chi connectivity index (χ1n) is 6.65. The summed E-state index contributed by atoms with van der Waals surface area (Å²) in [5, 5.41) is 0. The maximum Gasteiger partial charge on any atom is 0.415 e. The molecule has 1 aliphatic heterocycles. The van der Waals surface area contributed by atoms with Gasteiger partial charge in [0.15, 0.2) is 0 Å². The Balaban J connectivity index is 1.79. The summed E-state index contributed by atoms with van der Waals surface area (Å²) in [6.45, 7) is 6.46. The van der Waals surface area contributed by atoms with Gasteiger partial charge >= 0.3 is 6.09 Å². The van der Waals surface area contributed by atoms with Crippen LogP contribution in [-0.4, -0.2) is 42.1 Å². The molecular formula is C15H20N2O3. The van der Waals surface area contributed by atoms with Crippen molar-refractivity contribution in [1.29, 1.82) is 0 Å². The molecule has 2 rings (SSSR count). The van der Waals surface area contributed by atoms with E-state index < -0.39 is 5.60 Å². The first-order valence-corrected chi connectivity index (χ1v) is 6.65. The molecule has 0 bridgehead atoms. The molecule has 0 saturated carbocycles. The van der Waals surface area contributed by atoms with Crippen molar-refractivity contribution in [3.05, 3.63) is 30.3 Å². The molecule has 0 saturated heterocycles. The highest BCUT2D eigenvalue weighted by molar-refractivity contribution is 5.84. The van der Waals surface area contributed by atoms with Crippen LogP contribution in [0.5, 0.6) is 5.75 Å². The highest BCUT2D eigenvalue weighted by atomic mass is 16.6. The van der Waals surface area contributed by atoms with E-state index in [1.54, 1.807) is 0 Å². The van der Waals surface area contributed by atoms with Crippen LogP contribution in [0.2, 0.25) is 0 Å². The van der Waals surface area contributed by atoms with Crippen molar-refractivity contribution in [1.82, 2.24) is 4.90 Å². The molecule has 108 valence electrons. The van der Waals surface area contributed by atoms with Gasteiger partial charge in [0.1, 0.15) is 24.0 Å². The van der Waals surface area contributed by atoms with Crippen molar-refractivity contribution in [2.45, 2.75) is 32.4 Å². The number of ether oxygens (including phenoxy) is 2. The summed E-state index contributed by atoms with van der Waals surface area (Å²) in [7, 11) is 0. The van der Waals surface area contributed by atoms with Gasteiger partial charge in [-0.05, 0) is 32.9 Å². The van der Waals surface area contributed by atoms with Crippen molar-refractivity contribution < 1.29 is 14.3 Å². The molecule has 1 unspecified atom stereocenters. The Morgan fingerprint density at radius 2 is 2.05 bits per heavy atom. The summed E-state index contributed by atoms with van der Waals surface area (Å²) in [6.07, 6.45) is 1.15. The van der Waals surface area contributed by atoms with Crippen LogP contribution in [0.1, 0.15) is 20.8 Å². The van der Waals surface area contributed by atoms with Crippen LogP contribution in [0, 0.1) is 0 Å². The highest BCUT2D eigenvalue weighted by Crippen LogP contribution is 2.14. The molecule has 1 aliphatic rings. The summed E-state index contributed by atoms with van der Waals surface area (Å²) < 4.78 is 10.9. The Morgan fingerprint density at radius 3 is 2.70 bits per heavy atom. The third-order valence-electron chi connectivity index (χ3n) is 2.64. The number of benzene rings is 1. The lowest BCUT2D eigenvalue weighted by Gasteiger charge is -2.23. The van der Waals surface area contributed by atoms with Crippen molar-refractivity contribution in [3.8, 4) is 5.75 Å². The molecule has 1 aromatic rings. The lowest BCUT2D eigenvalue weighted by molar-refractivity contribution is 0.0379. The third kappa shape index (κ3) is 4.26. The quantitative estimate of drug-likeness (QED) is 0.853. The smallest absolute Gasteiger partial charge is 0.415 e. The Hall–Kier alpha value is -2.04. The van der Waals surface area contributed by atoms with Crippen LogP contribution < -0.4 is 4.74 Å². The van der Waals surface area contributed by atoms with E-state index in [1.165, 1.54) is 11.2 Å². The molecule has 1 atom stereocenters. The van der Waals surface area contributed by atoms with E-state index in [4.69, 9.17) is 9.47 Å². The molecule has 20 heavy (non-hydrogen) atoms. The van der Waals surface area contributed by atoms with Gasteiger partial charge in [-0.15, -0.1) is 0 Å². The number of nitrogens with zero attached hydrogens (tertiary/aromatic N) is 2. The standard InChI is InChI=1S/C15H20N2O3/c1-15(2,3)20-14(18)17-9-12(16-11-17)10-19-13-7-5-4-6-8-13/h4-8,11-12H,9-10H2,1-3H3. The minimum absolute atomic E-state index is 0.0530. The number of hydrogen-bond acceptors (Lipinski definition) is 4. The van der Waals surface area contributed by atoms with Gasteiger partial charge in [-0.25, -0.2) is 4.79 Å². The lowest BCUT2D eigenvalue weighted by Crippen LogP contribution is -2.37. The van der Waals surface area contributed by atoms with Crippen molar-refractivity contribution >= 4 is 12.4 Å². The topological polar surface area (TPSA) is 51.1 Å². The summed E-state index contributed by atoms with van der Waals surface area (Å²) in [4.78, 5) is 17.6. The van der Waals surface area contributed by atoms with Crippen molar-refractivity contribution in [2.24, 2.45) is 4.99 Å². The van der Waals surface area contributed by atoms with Gasteiger partial charge < -0.3 is 9.47 Å². The Kier molecular flexibility index (Phi) is 4.27. The second kappa shape index (κ2) is 5.94. The summed E-state index contributed by atoms with van der Waals surface area (Å²) in [5.41, 5.74) is -0.496. The molecule has 1 aromatic carbocycles. The zero-order chi connectivity index (χ0) is 14.6. The van der Waals surface area contributed by atoms with E-state index in [0.717, 1.165) is 5.75 Å². The van der Waals surface area contributed by atoms with Crippen LogP contribution in [0.3, 0.4) is 0 Å². The van der Waals surface area contributed by atoms with E-state index in [-0.39, 0.29) is 12.1 Å². The molecule has 1 amide bonds. The molecule has 1 heterocycles. The number of amides is 1. The third-order valence-corrected chi connectivity index (χ3v) is 2.64. The molecule has 5 heteroatoms. The highest BCUT2D eigenvalue weighted by Gasteiger charge is 2.27. The number of para-hydroxylation sites is 1. The second-order valence-corrected chi connectivity index (χ2v) is 5.68. The molecule has 0 fully saturated rings. The van der Waals surface area contributed by atoms with Gasteiger partial charge in [0.2, 0.25) is 0 Å². The molecule has 5 nitrogen and oxygen atoms in total. The molecule has 0 radical (unpaired) electrons. The second-order valence-electron chi connectivity index (χ2n) is 5.68. The van der Waals surface area contributed by atoms with Gasteiger partial charge in [0.05, 0.1) is 12.9 Å². The summed E-state index contributed by atoms with van der Waals surface area (Å²) >= 11 is 0. The Morgan fingerprint density at radius 1 is 1.35 bits per heavy atom. The number of hydrogen-bond donors (Lipinski definition) is 0. The average molecular weight is 276 g/mol. The number of aliphatic imine (C=N–C) groups is 1. The first kappa shape index (κ1) is 14.4. The monoisotopic (exact) mass is 276 g/mol. The van der Waals surface area contributed by atoms with E-state index >= 15 is 0 Å². The fourth-order valence-corrected chi connectivity index (χ4v) is 1.74. The molecular weight excluding hydrogens is 256 g/mol. The molecule has 0 aliphatic carbocycles. The van der Waals surface area contributed by atoms with Crippen LogP contribution >= 0.6 is 0 Å². The van der Waals surface area contributed by atoms with E-state index in [0.29, 0.717) is 13.2 Å². The Labute approximate surface area is 119 Å². The maximum atomic E-state index is 11.9. The predicted molar refractivity (Wildman–Crippen MR) is 77.2 cm³/mol. The first-order chi connectivity index (χ1) is 9.44. The van der Waals surface area contributed by atoms with Crippen LogP contribution in [0.4, 0.5) is 4.79 Å². The van der Waals surface area contributed by atoms with Crippen molar-refractivity contribution in [3.63, 3.8) is 0 Å². The van der Waals surface area contributed by atoms with E-state index in [2.05, 4.69) is 4.99 Å². The van der Waals surface area contributed by atoms with Gasteiger partial charge in [-0.1, -0.05) is 18.2 Å².